The number of hydrogen-bond acceptors (Lipinski definition) is 4. The van der Waals surface area contributed by atoms with Crippen molar-refractivity contribution in [3.8, 4) is 0 Å². The molecule has 0 atom stereocenters. The van der Waals surface area contributed by atoms with Crippen molar-refractivity contribution < 1.29 is 19.1 Å². The summed E-state index contributed by atoms with van der Waals surface area (Å²) in [5.41, 5.74) is 1.28. The van der Waals surface area contributed by atoms with Crippen molar-refractivity contribution in [2.45, 2.75) is 20.8 Å². The van der Waals surface area contributed by atoms with E-state index < -0.39 is 0 Å². The third-order valence-electron chi connectivity index (χ3n) is 2.80. The van der Waals surface area contributed by atoms with Crippen LogP contribution in [-0.2, 0) is 9.53 Å². The number of esters is 1. The van der Waals surface area contributed by atoms with Crippen LogP contribution in [0.25, 0.3) is 0 Å². The summed E-state index contributed by atoms with van der Waals surface area (Å²) < 4.78 is 4.66. The van der Waals surface area contributed by atoms with Gasteiger partial charge in [0, 0.05) is 11.1 Å². The van der Waals surface area contributed by atoms with Crippen molar-refractivity contribution in [3.05, 3.63) is 71.8 Å². The van der Waals surface area contributed by atoms with Crippen molar-refractivity contribution in [2.24, 2.45) is 5.92 Å². The first-order chi connectivity index (χ1) is 12.3. The molecule has 0 radical (unpaired) electrons. The Bertz CT molecular complexity index is 621. The van der Waals surface area contributed by atoms with E-state index in [1.54, 1.807) is 31.2 Å². The number of hydrogen-bond donors (Lipinski definition) is 2. The van der Waals surface area contributed by atoms with Crippen LogP contribution in [0.3, 0.4) is 0 Å². The van der Waals surface area contributed by atoms with Crippen LogP contribution in [0, 0.1) is 5.92 Å². The van der Waals surface area contributed by atoms with E-state index in [1.165, 1.54) is 0 Å². The normalized spacial score (nSPS) is 9.15. The maximum Gasteiger partial charge on any atom is 0.308 e. The first-order valence-electron chi connectivity index (χ1n) is 8.02. The number of thiol groups is 2. The predicted octanol–water partition coefficient (Wildman–Crippen LogP) is 4.72. The Balaban J connectivity index is 0.000000362. The fraction of sp³-hybridized carbons (Fsp3) is 0.250. The lowest BCUT2D eigenvalue weighted by Gasteiger charge is -2.01. The fourth-order valence-electron chi connectivity index (χ4n) is 1.47. The zero-order valence-electron chi connectivity index (χ0n) is 15.1. The summed E-state index contributed by atoms with van der Waals surface area (Å²) in [7, 11) is 0. The molecule has 0 aliphatic carbocycles. The van der Waals surface area contributed by atoms with Gasteiger partial charge in [0.15, 0.2) is 0 Å². The SMILES string of the molecule is CCOC(=O)C(C)C.O=C(S)c1ccccc1.O=C(S)c1ccccc1. The van der Waals surface area contributed by atoms with Gasteiger partial charge in [0.2, 0.25) is 10.2 Å². The van der Waals surface area contributed by atoms with E-state index in [4.69, 9.17) is 0 Å². The molecule has 26 heavy (non-hydrogen) atoms. The van der Waals surface area contributed by atoms with E-state index in [2.05, 4.69) is 30.0 Å². The summed E-state index contributed by atoms with van der Waals surface area (Å²) in [4.78, 5) is 31.5. The molecule has 0 unspecified atom stereocenters. The van der Waals surface area contributed by atoms with Gasteiger partial charge in [-0.25, -0.2) is 0 Å². The molecule has 6 heteroatoms. The standard InChI is InChI=1S/2C7H6OS.C6H12O2/c2*8-7(9)6-4-2-1-3-5-6;1-4-8-6(7)5(2)3/h2*1-5H,(H,8,9);5H,4H2,1-3H3. The molecule has 0 saturated carbocycles. The molecule has 0 fully saturated rings. The molecule has 0 N–H and O–H groups in total. The Labute approximate surface area is 165 Å². The van der Waals surface area contributed by atoms with Crippen molar-refractivity contribution in [2.75, 3.05) is 6.61 Å². The fourth-order valence-corrected chi connectivity index (χ4v) is 1.77. The summed E-state index contributed by atoms with van der Waals surface area (Å²) in [5, 5.41) is -0.369. The Kier molecular flexibility index (Phi) is 13.0. The molecule has 2 aromatic carbocycles. The highest BCUT2D eigenvalue weighted by Gasteiger charge is 2.04. The van der Waals surface area contributed by atoms with E-state index in [1.807, 2.05) is 50.2 Å². The Morgan fingerprint density at radius 3 is 1.31 bits per heavy atom. The van der Waals surface area contributed by atoms with Gasteiger partial charge in [0.05, 0.1) is 12.5 Å². The molecular weight excluding hydrogens is 368 g/mol. The zero-order valence-corrected chi connectivity index (χ0v) is 16.9. The highest BCUT2D eigenvalue weighted by Crippen LogP contribution is 2.01. The van der Waals surface area contributed by atoms with Gasteiger partial charge in [-0.15, -0.1) is 25.3 Å². The number of carbonyl (C=O) groups is 3. The molecule has 140 valence electrons. The zero-order chi connectivity index (χ0) is 19.9. The van der Waals surface area contributed by atoms with Crippen LogP contribution >= 0.6 is 25.3 Å². The topological polar surface area (TPSA) is 60.4 Å². The molecule has 0 aliphatic heterocycles. The van der Waals surface area contributed by atoms with Crippen LogP contribution in [0.5, 0.6) is 0 Å². The summed E-state index contributed by atoms with van der Waals surface area (Å²) in [6, 6.07) is 17.9. The van der Waals surface area contributed by atoms with Crippen LogP contribution < -0.4 is 0 Å². The third kappa shape index (κ3) is 11.5. The monoisotopic (exact) mass is 392 g/mol. The molecule has 2 rings (SSSR count). The van der Waals surface area contributed by atoms with Crippen LogP contribution in [0.2, 0.25) is 0 Å². The first kappa shape index (κ1) is 23.9. The van der Waals surface area contributed by atoms with Crippen LogP contribution in [0.15, 0.2) is 60.7 Å². The molecule has 0 aliphatic rings. The maximum atomic E-state index is 10.5. The highest BCUT2D eigenvalue weighted by atomic mass is 32.1. The Morgan fingerprint density at radius 1 is 0.808 bits per heavy atom. The maximum absolute atomic E-state index is 10.5. The third-order valence-corrected chi connectivity index (χ3v) is 3.32. The minimum Gasteiger partial charge on any atom is -0.466 e. The van der Waals surface area contributed by atoms with E-state index in [0.717, 1.165) is 0 Å². The summed E-state index contributed by atoms with van der Waals surface area (Å²) in [6.45, 7) is 5.92. The average Bonchev–Trinajstić information content (AvgIpc) is 2.64. The van der Waals surface area contributed by atoms with Crippen molar-refractivity contribution >= 4 is 41.5 Å². The van der Waals surface area contributed by atoms with Gasteiger partial charge in [-0.2, -0.15) is 0 Å². The van der Waals surface area contributed by atoms with Crippen molar-refractivity contribution in [1.82, 2.24) is 0 Å². The van der Waals surface area contributed by atoms with E-state index in [0.29, 0.717) is 17.7 Å². The Hall–Kier alpha value is -2.05. The van der Waals surface area contributed by atoms with Gasteiger partial charge >= 0.3 is 5.97 Å². The van der Waals surface area contributed by atoms with Gasteiger partial charge < -0.3 is 4.74 Å². The molecule has 0 saturated heterocycles. The van der Waals surface area contributed by atoms with E-state index in [9.17, 15) is 14.4 Å². The quantitative estimate of drug-likeness (QED) is 0.584. The molecular formula is C20H24O4S2. The molecule has 0 aromatic heterocycles. The van der Waals surface area contributed by atoms with E-state index in [-0.39, 0.29) is 22.1 Å². The minimum absolute atomic E-state index is 0.00921. The Morgan fingerprint density at radius 2 is 1.15 bits per heavy atom. The molecule has 0 bridgehead atoms. The van der Waals surface area contributed by atoms with Gasteiger partial charge in [-0.05, 0) is 6.92 Å². The average molecular weight is 393 g/mol. The summed E-state index contributed by atoms with van der Waals surface area (Å²) >= 11 is 7.30. The molecule has 0 spiro atoms. The largest absolute Gasteiger partial charge is 0.466 e. The highest BCUT2D eigenvalue weighted by molar-refractivity contribution is 7.97. The predicted molar refractivity (Wildman–Crippen MR) is 111 cm³/mol. The van der Waals surface area contributed by atoms with Gasteiger partial charge in [-0.3, -0.25) is 14.4 Å². The smallest absolute Gasteiger partial charge is 0.308 e. The van der Waals surface area contributed by atoms with Crippen molar-refractivity contribution in [3.63, 3.8) is 0 Å². The van der Waals surface area contributed by atoms with Crippen molar-refractivity contribution in [1.29, 1.82) is 0 Å². The number of benzene rings is 2. The second-order valence-corrected chi connectivity index (χ2v) is 6.06. The lowest BCUT2D eigenvalue weighted by Crippen LogP contribution is -2.10. The second-order valence-electron chi connectivity index (χ2n) is 5.25. The molecule has 0 amide bonds. The molecule has 0 heterocycles. The van der Waals surface area contributed by atoms with Gasteiger partial charge in [-0.1, -0.05) is 74.5 Å². The van der Waals surface area contributed by atoms with Gasteiger partial charge in [0.25, 0.3) is 0 Å². The van der Waals surface area contributed by atoms with Gasteiger partial charge in [0.1, 0.15) is 0 Å². The molecule has 2 aromatic rings. The number of rotatable bonds is 4. The first-order valence-corrected chi connectivity index (χ1v) is 8.92. The van der Waals surface area contributed by atoms with E-state index >= 15 is 0 Å². The van der Waals surface area contributed by atoms with Crippen LogP contribution in [-0.4, -0.2) is 22.8 Å². The molecule has 4 nitrogen and oxygen atoms in total. The number of carbonyl (C=O) groups excluding carboxylic acids is 3. The second kappa shape index (κ2) is 14.2. The van der Waals surface area contributed by atoms with Crippen LogP contribution in [0.1, 0.15) is 41.5 Å². The lowest BCUT2D eigenvalue weighted by atomic mass is 10.2. The lowest BCUT2D eigenvalue weighted by molar-refractivity contribution is -0.146. The van der Waals surface area contributed by atoms with Crippen LogP contribution in [0.4, 0.5) is 0 Å². The summed E-state index contributed by atoms with van der Waals surface area (Å²) in [5.74, 6) is -0.109. The number of ether oxygens (including phenoxy) is 1. The summed E-state index contributed by atoms with van der Waals surface area (Å²) in [6.07, 6.45) is 0. The minimum atomic E-state index is -0.185.